The smallest absolute Gasteiger partial charge is 0.305 e. The van der Waals surface area contributed by atoms with Gasteiger partial charge in [0.1, 0.15) is 11.5 Å². The third-order valence-electron chi connectivity index (χ3n) is 2.94. The van der Waals surface area contributed by atoms with E-state index in [0.29, 0.717) is 25.1 Å². The van der Waals surface area contributed by atoms with Crippen molar-refractivity contribution in [2.45, 2.75) is 25.8 Å². The number of benzene rings is 1. The second kappa shape index (κ2) is 7.63. The van der Waals surface area contributed by atoms with Gasteiger partial charge in [-0.3, -0.25) is 4.79 Å². The Morgan fingerprint density at radius 1 is 1.42 bits per heavy atom. The monoisotopic (exact) mass is 267 g/mol. The number of phenolic OH excluding ortho intramolecular Hbond substituents is 1. The summed E-state index contributed by atoms with van der Waals surface area (Å²) in [4.78, 5) is 11.0. The van der Waals surface area contributed by atoms with Crippen LogP contribution in [0.15, 0.2) is 18.2 Å². The number of phenols is 1. The van der Waals surface area contributed by atoms with Gasteiger partial charge in [-0.05, 0) is 38.1 Å². The fraction of sp³-hybridized carbons (Fsp3) is 0.500. The van der Waals surface area contributed by atoms with E-state index < -0.39 is 0 Å². The van der Waals surface area contributed by atoms with Crippen molar-refractivity contribution in [3.05, 3.63) is 23.8 Å². The molecular formula is C14H21NO4. The Kier molecular flexibility index (Phi) is 6.15. The molecule has 0 saturated heterocycles. The minimum atomic E-state index is -0.210. The number of hydrogen-bond acceptors (Lipinski definition) is 5. The van der Waals surface area contributed by atoms with Crippen LogP contribution in [0.3, 0.4) is 0 Å². The van der Waals surface area contributed by atoms with Crippen LogP contribution in [0, 0.1) is 0 Å². The number of rotatable bonds is 7. The van der Waals surface area contributed by atoms with Gasteiger partial charge in [0.2, 0.25) is 0 Å². The SMILES string of the molecule is COC(=O)CCCNC(C)c1cc(OC)ccc1O. The summed E-state index contributed by atoms with van der Waals surface area (Å²) in [7, 11) is 2.97. The number of nitrogens with one attached hydrogen (secondary N) is 1. The molecule has 5 heteroatoms. The van der Waals surface area contributed by atoms with Crippen molar-refractivity contribution in [1.29, 1.82) is 0 Å². The molecule has 0 saturated carbocycles. The van der Waals surface area contributed by atoms with Gasteiger partial charge in [-0.25, -0.2) is 0 Å². The highest BCUT2D eigenvalue weighted by Crippen LogP contribution is 2.28. The third kappa shape index (κ3) is 4.79. The Hall–Kier alpha value is -1.75. The fourth-order valence-electron chi connectivity index (χ4n) is 1.77. The summed E-state index contributed by atoms with van der Waals surface area (Å²) >= 11 is 0. The molecule has 1 rings (SSSR count). The summed E-state index contributed by atoms with van der Waals surface area (Å²) in [6.45, 7) is 2.62. The predicted molar refractivity (Wildman–Crippen MR) is 72.3 cm³/mol. The van der Waals surface area contributed by atoms with Crippen molar-refractivity contribution in [2.24, 2.45) is 0 Å². The average Bonchev–Trinajstić information content (AvgIpc) is 2.43. The number of carbonyl (C=O) groups is 1. The first-order chi connectivity index (χ1) is 9.08. The molecule has 0 aliphatic rings. The molecule has 0 aliphatic carbocycles. The van der Waals surface area contributed by atoms with Crippen LogP contribution in [0.5, 0.6) is 11.5 Å². The fourth-order valence-corrected chi connectivity index (χ4v) is 1.77. The van der Waals surface area contributed by atoms with Gasteiger partial charge in [0.25, 0.3) is 0 Å². The quantitative estimate of drug-likeness (QED) is 0.584. The molecule has 0 heterocycles. The topological polar surface area (TPSA) is 67.8 Å². The highest BCUT2D eigenvalue weighted by Gasteiger charge is 2.11. The van der Waals surface area contributed by atoms with E-state index in [1.165, 1.54) is 7.11 Å². The van der Waals surface area contributed by atoms with E-state index in [-0.39, 0.29) is 17.8 Å². The molecule has 1 aromatic rings. The van der Waals surface area contributed by atoms with Gasteiger partial charge in [-0.15, -0.1) is 0 Å². The predicted octanol–water partition coefficient (Wildman–Crippen LogP) is 2.00. The normalized spacial score (nSPS) is 11.9. The van der Waals surface area contributed by atoms with Gasteiger partial charge in [0.05, 0.1) is 14.2 Å². The van der Waals surface area contributed by atoms with E-state index in [9.17, 15) is 9.90 Å². The molecule has 1 atom stereocenters. The van der Waals surface area contributed by atoms with Crippen molar-refractivity contribution in [2.75, 3.05) is 20.8 Å². The van der Waals surface area contributed by atoms with Crippen LogP contribution in [-0.2, 0) is 9.53 Å². The first-order valence-corrected chi connectivity index (χ1v) is 6.25. The van der Waals surface area contributed by atoms with Crippen LogP contribution in [0.2, 0.25) is 0 Å². The van der Waals surface area contributed by atoms with E-state index in [1.54, 1.807) is 25.3 Å². The molecule has 0 bridgehead atoms. The Morgan fingerprint density at radius 3 is 2.79 bits per heavy atom. The summed E-state index contributed by atoms with van der Waals surface area (Å²) in [6, 6.07) is 5.10. The summed E-state index contributed by atoms with van der Waals surface area (Å²) in [5.41, 5.74) is 0.775. The lowest BCUT2D eigenvalue weighted by Gasteiger charge is -2.16. The number of carbonyl (C=O) groups excluding carboxylic acids is 1. The second-order valence-electron chi connectivity index (χ2n) is 4.28. The van der Waals surface area contributed by atoms with Crippen molar-refractivity contribution < 1.29 is 19.4 Å². The molecule has 1 unspecified atom stereocenters. The largest absolute Gasteiger partial charge is 0.508 e. The van der Waals surface area contributed by atoms with E-state index in [1.807, 2.05) is 6.92 Å². The lowest BCUT2D eigenvalue weighted by Crippen LogP contribution is -2.20. The number of esters is 1. The van der Waals surface area contributed by atoms with Gasteiger partial charge in [-0.1, -0.05) is 0 Å². The molecule has 19 heavy (non-hydrogen) atoms. The highest BCUT2D eigenvalue weighted by molar-refractivity contribution is 5.69. The van der Waals surface area contributed by atoms with Gasteiger partial charge in [0.15, 0.2) is 0 Å². The highest BCUT2D eigenvalue weighted by atomic mass is 16.5. The number of methoxy groups -OCH3 is 2. The van der Waals surface area contributed by atoms with Gasteiger partial charge >= 0.3 is 5.97 Å². The van der Waals surface area contributed by atoms with Crippen molar-refractivity contribution in [1.82, 2.24) is 5.32 Å². The van der Waals surface area contributed by atoms with Crippen LogP contribution in [0.1, 0.15) is 31.4 Å². The first-order valence-electron chi connectivity index (χ1n) is 6.25. The zero-order valence-corrected chi connectivity index (χ0v) is 11.6. The maximum absolute atomic E-state index is 11.0. The summed E-state index contributed by atoms with van der Waals surface area (Å²) in [6.07, 6.45) is 1.09. The number of aromatic hydroxyl groups is 1. The molecule has 106 valence electrons. The average molecular weight is 267 g/mol. The van der Waals surface area contributed by atoms with E-state index in [4.69, 9.17) is 4.74 Å². The van der Waals surface area contributed by atoms with E-state index >= 15 is 0 Å². The Morgan fingerprint density at radius 2 is 2.16 bits per heavy atom. The first kappa shape index (κ1) is 15.3. The lowest BCUT2D eigenvalue weighted by atomic mass is 10.1. The minimum absolute atomic E-state index is 0.0206. The van der Waals surface area contributed by atoms with E-state index in [2.05, 4.69) is 10.1 Å². The zero-order valence-electron chi connectivity index (χ0n) is 11.6. The second-order valence-corrected chi connectivity index (χ2v) is 4.28. The van der Waals surface area contributed by atoms with Gasteiger partial charge < -0.3 is 19.9 Å². The Balaban J connectivity index is 2.49. The molecule has 0 spiro atoms. The van der Waals surface area contributed by atoms with Gasteiger partial charge in [-0.2, -0.15) is 0 Å². The molecule has 5 nitrogen and oxygen atoms in total. The van der Waals surface area contributed by atoms with Crippen LogP contribution >= 0.6 is 0 Å². The molecule has 0 radical (unpaired) electrons. The molecule has 1 aromatic carbocycles. The van der Waals surface area contributed by atoms with Crippen LogP contribution in [0.25, 0.3) is 0 Å². The molecule has 2 N–H and O–H groups in total. The molecule has 0 aromatic heterocycles. The van der Waals surface area contributed by atoms with Crippen molar-refractivity contribution in [3.63, 3.8) is 0 Å². The zero-order chi connectivity index (χ0) is 14.3. The van der Waals surface area contributed by atoms with E-state index in [0.717, 1.165) is 5.56 Å². The molecule has 0 fully saturated rings. The third-order valence-corrected chi connectivity index (χ3v) is 2.94. The standard InChI is InChI=1S/C14H21NO4/c1-10(15-8-4-5-14(17)19-3)12-9-11(18-2)6-7-13(12)16/h6-7,9-10,15-16H,4-5,8H2,1-3H3. The summed E-state index contributed by atoms with van der Waals surface area (Å²) in [5.74, 6) is 0.725. The number of hydrogen-bond donors (Lipinski definition) is 2. The van der Waals surface area contributed by atoms with Crippen molar-refractivity contribution in [3.8, 4) is 11.5 Å². The van der Waals surface area contributed by atoms with Crippen LogP contribution < -0.4 is 10.1 Å². The van der Waals surface area contributed by atoms with Gasteiger partial charge in [0, 0.05) is 18.0 Å². The summed E-state index contributed by atoms with van der Waals surface area (Å²) < 4.78 is 9.70. The Bertz CT molecular complexity index is 420. The maximum Gasteiger partial charge on any atom is 0.305 e. The lowest BCUT2D eigenvalue weighted by molar-refractivity contribution is -0.140. The summed E-state index contributed by atoms with van der Waals surface area (Å²) in [5, 5.41) is 13.1. The van der Waals surface area contributed by atoms with Crippen LogP contribution in [-0.4, -0.2) is 31.8 Å². The minimum Gasteiger partial charge on any atom is -0.508 e. The van der Waals surface area contributed by atoms with Crippen LogP contribution in [0.4, 0.5) is 0 Å². The Labute approximate surface area is 113 Å². The molecular weight excluding hydrogens is 246 g/mol. The maximum atomic E-state index is 11.0. The van der Waals surface area contributed by atoms with Crippen molar-refractivity contribution >= 4 is 5.97 Å². The number of ether oxygens (including phenoxy) is 2. The molecule has 0 aliphatic heterocycles. The molecule has 0 amide bonds.